The zero-order chi connectivity index (χ0) is 15.5. The molecule has 1 aliphatic heterocycles. The number of likely N-dealkylation sites (tertiary alicyclic amines) is 1. The lowest BCUT2D eigenvalue weighted by atomic mass is 10.1. The van der Waals surface area contributed by atoms with E-state index in [9.17, 15) is 4.79 Å². The molecule has 1 atom stereocenters. The summed E-state index contributed by atoms with van der Waals surface area (Å²) in [6, 6.07) is 4.25. The van der Waals surface area contributed by atoms with Crippen LogP contribution in [0, 0.1) is 6.92 Å². The molecule has 2 rings (SSSR count). The maximum Gasteiger partial charge on any atom is 0.410 e. The molecule has 5 heteroatoms. The van der Waals surface area contributed by atoms with Crippen LogP contribution in [-0.2, 0) is 4.74 Å². The number of carbonyl (C=O) groups excluding carboxylic acids is 1. The monoisotopic (exact) mass is 291 g/mol. The van der Waals surface area contributed by atoms with Gasteiger partial charge in [0.2, 0.25) is 0 Å². The van der Waals surface area contributed by atoms with Crippen LogP contribution in [0.3, 0.4) is 0 Å². The molecule has 1 aromatic rings. The first-order chi connectivity index (χ1) is 9.83. The van der Waals surface area contributed by atoms with Gasteiger partial charge in [-0.1, -0.05) is 0 Å². The average molecular weight is 291 g/mol. The van der Waals surface area contributed by atoms with Crippen molar-refractivity contribution < 1.29 is 9.53 Å². The van der Waals surface area contributed by atoms with E-state index in [1.165, 1.54) is 0 Å². The lowest BCUT2D eigenvalue weighted by Crippen LogP contribution is -2.46. The van der Waals surface area contributed by atoms with Crippen molar-refractivity contribution >= 4 is 11.8 Å². The van der Waals surface area contributed by atoms with E-state index in [-0.39, 0.29) is 12.1 Å². The Hall–Kier alpha value is -1.78. The summed E-state index contributed by atoms with van der Waals surface area (Å²) in [6.07, 6.45) is 3.64. The number of nitrogens with zero attached hydrogens (tertiary/aromatic N) is 2. The number of amides is 1. The first-order valence-corrected chi connectivity index (χ1v) is 7.50. The van der Waals surface area contributed by atoms with Gasteiger partial charge >= 0.3 is 6.09 Å². The van der Waals surface area contributed by atoms with Crippen molar-refractivity contribution in [3.63, 3.8) is 0 Å². The Labute approximate surface area is 126 Å². The average Bonchev–Trinajstić information content (AvgIpc) is 2.40. The smallest absolute Gasteiger partial charge is 0.410 e. The van der Waals surface area contributed by atoms with Crippen LogP contribution in [-0.4, -0.2) is 40.7 Å². The minimum Gasteiger partial charge on any atom is -0.444 e. The van der Waals surface area contributed by atoms with E-state index in [0.29, 0.717) is 6.54 Å². The number of pyridine rings is 1. The van der Waals surface area contributed by atoms with Crippen LogP contribution >= 0.6 is 0 Å². The van der Waals surface area contributed by atoms with E-state index in [1.807, 2.05) is 46.0 Å². The van der Waals surface area contributed by atoms with Crippen LogP contribution in [0.25, 0.3) is 0 Å². The maximum atomic E-state index is 12.1. The van der Waals surface area contributed by atoms with E-state index in [1.54, 1.807) is 4.90 Å². The molecule has 1 saturated heterocycles. The van der Waals surface area contributed by atoms with E-state index in [2.05, 4.69) is 10.3 Å². The van der Waals surface area contributed by atoms with Gasteiger partial charge in [0.05, 0.1) is 11.9 Å². The molecule has 2 heterocycles. The fourth-order valence-electron chi connectivity index (χ4n) is 2.38. The SMILES string of the molecule is Cc1ccc(NC2CCCN(C(=O)OC(C)(C)C)C2)cn1. The number of hydrogen-bond acceptors (Lipinski definition) is 4. The van der Waals surface area contributed by atoms with Gasteiger partial charge in [0.1, 0.15) is 5.60 Å². The van der Waals surface area contributed by atoms with Gasteiger partial charge in [-0.25, -0.2) is 4.79 Å². The Morgan fingerprint density at radius 1 is 1.43 bits per heavy atom. The zero-order valence-corrected chi connectivity index (χ0v) is 13.3. The molecular formula is C16H25N3O2. The van der Waals surface area contributed by atoms with Gasteiger partial charge in [0, 0.05) is 24.8 Å². The lowest BCUT2D eigenvalue weighted by Gasteiger charge is -2.34. The summed E-state index contributed by atoms with van der Waals surface area (Å²) in [6.45, 7) is 9.07. The second kappa shape index (κ2) is 6.33. The molecule has 1 aromatic heterocycles. The summed E-state index contributed by atoms with van der Waals surface area (Å²) in [5.41, 5.74) is 1.55. The molecule has 0 radical (unpaired) electrons. The third-order valence-electron chi connectivity index (χ3n) is 3.36. The first-order valence-electron chi connectivity index (χ1n) is 7.50. The molecule has 1 aliphatic rings. The molecule has 1 amide bonds. The summed E-state index contributed by atoms with van der Waals surface area (Å²) in [5, 5.41) is 3.44. The summed E-state index contributed by atoms with van der Waals surface area (Å²) in [7, 11) is 0. The number of piperidine rings is 1. The van der Waals surface area contributed by atoms with Crippen LogP contribution in [0.4, 0.5) is 10.5 Å². The predicted octanol–water partition coefficient (Wildman–Crippen LogP) is 3.20. The number of carbonyl (C=O) groups is 1. The number of nitrogens with one attached hydrogen (secondary N) is 1. The minimum atomic E-state index is -0.446. The minimum absolute atomic E-state index is 0.226. The van der Waals surface area contributed by atoms with Gasteiger partial charge in [-0.15, -0.1) is 0 Å². The van der Waals surface area contributed by atoms with Crippen molar-refractivity contribution in [1.29, 1.82) is 0 Å². The highest BCUT2D eigenvalue weighted by Gasteiger charge is 2.27. The van der Waals surface area contributed by atoms with E-state index < -0.39 is 5.60 Å². The quantitative estimate of drug-likeness (QED) is 0.909. The topological polar surface area (TPSA) is 54.5 Å². The lowest BCUT2D eigenvalue weighted by molar-refractivity contribution is 0.0206. The van der Waals surface area contributed by atoms with Crippen molar-refractivity contribution in [3.8, 4) is 0 Å². The largest absolute Gasteiger partial charge is 0.444 e. The third kappa shape index (κ3) is 4.92. The Bertz CT molecular complexity index is 479. The van der Waals surface area contributed by atoms with Crippen LogP contribution in [0.15, 0.2) is 18.3 Å². The highest BCUT2D eigenvalue weighted by atomic mass is 16.6. The van der Waals surface area contributed by atoms with Crippen LogP contribution in [0.1, 0.15) is 39.3 Å². The molecule has 0 aromatic carbocycles. The normalized spacial score (nSPS) is 19.2. The van der Waals surface area contributed by atoms with Crippen LogP contribution < -0.4 is 5.32 Å². The Kier molecular flexibility index (Phi) is 4.70. The van der Waals surface area contributed by atoms with Crippen molar-refractivity contribution in [2.75, 3.05) is 18.4 Å². The second-order valence-corrected chi connectivity index (χ2v) is 6.60. The summed E-state index contributed by atoms with van der Waals surface area (Å²) in [4.78, 5) is 18.2. The molecule has 116 valence electrons. The Morgan fingerprint density at radius 3 is 2.81 bits per heavy atom. The van der Waals surface area contributed by atoms with Crippen molar-refractivity contribution in [1.82, 2.24) is 9.88 Å². The van der Waals surface area contributed by atoms with E-state index in [4.69, 9.17) is 4.74 Å². The third-order valence-corrected chi connectivity index (χ3v) is 3.36. The molecule has 1 unspecified atom stereocenters. The van der Waals surface area contributed by atoms with Crippen LogP contribution in [0.5, 0.6) is 0 Å². The highest BCUT2D eigenvalue weighted by Crippen LogP contribution is 2.18. The maximum absolute atomic E-state index is 12.1. The summed E-state index contributed by atoms with van der Waals surface area (Å²) in [5.74, 6) is 0. The van der Waals surface area contributed by atoms with E-state index in [0.717, 1.165) is 30.8 Å². The van der Waals surface area contributed by atoms with Crippen molar-refractivity contribution in [2.45, 2.75) is 52.2 Å². The van der Waals surface area contributed by atoms with Gasteiger partial charge in [-0.2, -0.15) is 0 Å². The van der Waals surface area contributed by atoms with Gasteiger partial charge in [0.15, 0.2) is 0 Å². The Morgan fingerprint density at radius 2 is 2.19 bits per heavy atom. The van der Waals surface area contributed by atoms with E-state index >= 15 is 0 Å². The summed E-state index contributed by atoms with van der Waals surface area (Å²) >= 11 is 0. The van der Waals surface area contributed by atoms with Crippen LogP contribution in [0.2, 0.25) is 0 Å². The molecular weight excluding hydrogens is 266 g/mol. The van der Waals surface area contributed by atoms with Gasteiger partial charge in [0.25, 0.3) is 0 Å². The van der Waals surface area contributed by atoms with Crippen molar-refractivity contribution in [2.24, 2.45) is 0 Å². The Balaban J connectivity index is 1.91. The zero-order valence-electron chi connectivity index (χ0n) is 13.3. The fourth-order valence-corrected chi connectivity index (χ4v) is 2.38. The standard InChI is InChI=1S/C16H25N3O2/c1-12-7-8-13(10-17-12)18-14-6-5-9-19(11-14)15(20)21-16(2,3)4/h7-8,10,14,18H,5-6,9,11H2,1-4H3. The second-order valence-electron chi connectivity index (χ2n) is 6.60. The van der Waals surface area contributed by atoms with Gasteiger partial charge in [-0.05, 0) is 52.7 Å². The number of aryl methyl sites for hydroxylation is 1. The molecule has 21 heavy (non-hydrogen) atoms. The molecule has 1 N–H and O–H groups in total. The number of aromatic nitrogens is 1. The van der Waals surface area contributed by atoms with Gasteiger partial charge < -0.3 is 15.0 Å². The molecule has 0 bridgehead atoms. The van der Waals surface area contributed by atoms with Crippen molar-refractivity contribution in [3.05, 3.63) is 24.0 Å². The first kappa shape index (κ1) is 15.6. The predicted molar refractivity (Wildman–Crippen MR) is 83.4 cm³/mol. The molecule has 5 nitrogen and oxygen atoms in total. The highest BCUT2D eigenvalue weighted by molar-refractivity contribution is 5.68. The molecule has 0 saturated carbocycles. The number of ether oxygens (including phenoxy) is 1. The number of rotatable bonds is 2. The molecule has 1 fully saturated rings. The van der Waals surface area contributed by atoms with Gasteiger partial charge in [-0.3, -0.25) is 4.98 Å². The number of anilines is 1. The molecule has 0 aliphatic carbocycles. The summed E-state index contributed by atoms with van der Waals surface area (Å²) < 4.78 is 5.44. The number of hydrogen-bond donors (Lipinski definition) is 1. The molecule has 0 spiro atoms. The fraction of sp³-hybridized carbons (Fsp3) is 0.625.